The van der Waals surface area contributed by atoms with E-state index in [4.69, 9.17) is 28.0 Å². The van der Waals surface area contributed by atoms with E-state index in [1.54, 1.807) is 18.1 Å². The number of hydrogen-bond donors (Lipinski definition) is 1. The summed E-state index contributed by atoms with van der Waals surface area (Å²) in [4.78, 5) is 62.3. The number of carbonyl (C=O) groups is 3. The highest BCUT2D eigenvalue weighted by Gasteiger charge is 2.58. The van der Waals surface area contributed by atoms with Crippen molar-refractivity contribution < 1.29 is 36.8 Å². The van der Waals surface area contributed by atoms with E-state index >= 15 is 9.18 Å². The summed E-state index contributed by atoms with van der Waals surface area (Å²) in [5, 5.41) is 3.46. The molecule has 0 amide bonds. The van der Waals surface area contributed by atoms with Crippen molar-refractivity contribution in [3.63, 3.8) is 0 Å². The quantitative estimate of drug-likeness (QED) is 0.146. The maximum Gasteiger partial charge on any atom is 0.183 e. The first kappa shape index (κ1) is 48.6. The van der Waals surface area contributed by atoms with Gasteiger partial charge in [0.15, 0.2) is 71.3 Å². The molecule has 3 aromatic heterocycles. The Kier molecular flexibility index (Phi) is 10.7. The van der Waals surface area contributed by atoms with Gasteiger partial charge in [-0.05, 0) is 108 Å². The van der Waals surface area contributed by atoms with Crippen LogP contribution >= 0.6 is 0 Å². The molecule has 0 saturated carbocycles. The Morgan fingerprint density at radius 2 is 1.07 bits per heavy atom. The molecule has 0 spiro atoms. The number of aromatic nitrogens is 3. The number of rotatable bonds is 9. The maximum atomic E-state index is 18.0. The van der Waals surface area contributed by atoms with Crippen LogP contribution in [0.3, 0.4) is 0 Å². The lowest BCUT2D eigenvalue weighted by molar-refractivity contribution is -0.119. The number of Topliss-reactive ketones (excluding diaryl/α,β-unsaturated/α-hetero) is 3. The molecule has 14 heteroatoms. The summed E-state index contributed by atoms with van der Waals surface area (Å²) in [5.41, 5.74) is 3.09. The predicted molar refractivity (Wildman–Crippen MR) is 282 cm³/mol. The first-order valence-corrected chi connectivity index (χ1v) is 26.3. The van der Waals surface area contributed by atoms with Gasteiger partial charge >= 0.3 is 0 Å². The largest absolute Gasteiger partial charge is 0.497 e. The number of allylic oxidation sites excluding steroid dienone is 6. The minimum Gasteiger partial charge on any atom is -0.497 e. The number of fused-ring (bicyclic) bond motifs is 3. The van der Waals surface area contributed by atoms with E-state index in [9.17, 15) is 9.59 Å². The molecule has 3 aliphatic heterocycles. The fraction of sp³-hybridized carbons (Fsp3) is 0.410. The minimum absolute atomic E-state index is 0.0347. The van der Waals surface area contributed by atoms with Crippen molar-refractivity contribution in [3.05, 3.63) is 160 Å². The number of methoxy groups -OCH3 is 1. The lowest BCUT2D eigenvalue weighted by Gasteiger charge is -2.48. The fourth-order valence-electron chi connectivity index (χ4n) is 14.3. The van der Waals surface area contributed by atoms with Crippen molar-refractivity contribution in [2.24, 2.45) is 16.2 Å². The van der Waals surface area contributed by atoms with E-state index < -0.39 is 32.9 Å². The molecule has 1 N–H and O–H groups in total. The van der Waals surface area contributed by atoms with Crippen molar-refractivity contribution >= 4 is 46.2 Å². The van der Waals surface area contributed by atoms with Crippen LogP contribution in [0.2, 0.25) is 0 Å². The highest BCUT2D eigenvalue weighted by atomic mass is 19.1. The highest BCUT2D eigenvalue weighted by molar-refractivity contribution is 6.05. The average Bonchev–Trinajstić information content (AvgIpc) is 4.31. The van der Waals surface area contributed by atoms with Crippen LogP contribution in [0, 0.1) is 22.1 Å². The van der Waals surface area contributed by atoms with Gasteiger partial charge in [0.25, 0.3) is 0 Å². The smallest absolute Gasteiger partial charge is 0.183 e. The molecule has 0 radical (unpaired) electrons. The number of hydrogen-bond acceptors (Lipinski definition) is 13. The Morgan fingerprint density at radius 3 is 1.64 bits per heavy atom. The minimum atomic E-state index is -1.23. The highest BCUT2D eigenvalue weighted by Crippen LogP contribution is 2.62. The standard InChI is InChI=1S/C61H63FN6O7/c1-11-59(47-40(25-56(4,5)28-44(47)69)66-53-50(59)73-31-63-53)34-17-20-37(21-18-34)67-42-26-57(6,7)29-45(70)48(42)61(13-3,51-54(67)64-32-74-51)36-19-22-41(39(62)24-36)68-43-27-58(8,9)30-46(71)49(43)60(12-2,52-55(68)65-33-75-52)35-15-14-16-38(23-35)72-10/h14-24,31-33,66H,11-13,25-30H2,1-10H3. The number of ether oxygens (including phenoxy) is 1. The van der Waals surface area contributed by atoms with Gasteiger partial charge in [-0.3, -0.25) is 24.2 Å². The molecule has 0 bridgehead atoms. The third kappa shape index (κ3) is 6.78. The van der Waals surface area contributed by atoms with Gasteiger partial charge in [-0.25, -0.2) is 4.39 Å². The zero-order chi connectivity index (χ0) is 52.8. The Hall–Kier alpha value is -7.35. The van der Waals surface area contributed by atoms with Crippen LogP contribution in [0.4, 0.5) is 33.2 Å². The number of ketones is 3. The molecule has 0 saturated heterocycles. The molecule has 3 atom stereocenters. The Balaban J connectivity index is 1.000. The molecule has 12 rings (SSSR count). The van der Waals surface area contributed by atoms with Crippen molar-refractivity contribution in [3.8, 4) is 5.75 Å². The van der Waals surface area contributed by atoms with Gasteiger partial charge in [0.05, 0.1) is 29.0 Å². The molecular weight excluding hydrogens is 948 g/mol. The summed E-state index contributed by atoms with van der Waals surface area (Å²) in [7, 11) is 1.61. The van der Waals surface area contributed by atoms with Crippen LogP contribution in [0.25, 0.3) is 0 Å². The Bertz CT molecular complexity index is 3510. The number of oxazole rings is 3. The first-order chi connectivity index (χ1) is 35.8. The number of nitrogens with zero attached hydrogens (tertiary/aromatic N) is 5. The lowest BCUT2D eigenvalue weighted by atomic mass is 9.60. The summed E-state index contributed by atoms with van der Waals surface area (Å²) in [6.07, 6.45) is 8.28. The predicted octanol–water partition coefficient (Wildman–Crippen LogP) is 13.5. The van der Waals surface area contributed by atoms with E-state index in [-0.39, 0.29) is 34.9 Å². The molecule has 75 heavy (non-hydrogen) atoms. The van der Waals surface area contributed by atoms with E-state index in [1.165, 1.54) is 25.2 Å². The average molecular weight is 1010 g/mol. The summed E-state index contributed by atoms with van der Waals surface area (Å²) >= 11 is 0. The molecule has 0 fully saturated rings. The van der Waals surface area contributed by atoms with Crippen LogP contribution in [-0.2, 0) is 30.6 Å². The third-order valence-electron chi connectivity index (χ3n) is 17.4. The van der Waals surface area contributed by atoms with Gasteiger partial charge in [0, 0.05) is 58.8 Å². The van der Waals surface area contributed by atoms with E-state index in [0.717, 1.165) is 28.2 Å². The number of halogens is 1. The second kappa shape index (κ2) is 16.6. The van der Waals surface area contributed by atoms with Crippen LogP contribution in [0.15, 0.2) is 133 Å². The van der Waals surface area contributed by atoms with Crippen molar-refractivity contribution in [1.29, 1.82) is 0 Å². The summed E-state index contributed by atoms with van der Waals surface area (Å²) in [6.45, 7) is 18.7. The molecule has 6 aromatic rings. The van der Waals surface area contributed by atoms with Gasteiger partial charge in [-0.15, -0.1) is 0 Å². The number of anilines is 5. The second-order valence-electron chi connectivity index (χ2n) is 23.9. The monoisotopic (exact) mass is 1010 g/mol. The van der Waals surface area contributed by atoms with Crippen molar-refractivity contribution in [2.75, 3.05) is 22.2 Å². The van der Waals surface area contributed by atoms with E-state index in [0.29, 0.717) is 120 Å². The van der Waals surface area contributed by atoms with Gasteiger partial charge in [0.1, 0.15) is 11.6 Å². The third-order valence-corrected chi connectivity index (χ3v) is 17.4. The molecule has 13 nitrogen and oxygen atoms in total. The topological polar surface area (TPSA) is 157 Å². The van der Waals surface area contributed by atoms with Crippen LogP contribution in [0.5, 0.6) is 5.75 Å². The Labute approximate surface area is 436 Å². The van der Waals surface area contributed by atoms with Gasteiger partial charge < -0.3 is 23.3 Å². The maximum absolute atomic E-state index is 18.0. The summed E-state index contributed by atoms with van der Waals surface area (Å²) in [6, 6.07) is 21.0. The summed E-state index contributed by atoms with van der Waals surface area (Å²) in [5.74, 6) is 3.08. The van der Waals surface area contributed by atoms with Gasteiger partial charge in [0.2, 0.25) is 0 Å². The molecule has 386 valence electrons. The van der Waals surface area contributed by atoms with Crippen molar-refractivity contribution in [2.45, 2.75) is 136 Å². The van der Waals surface area contributed by atoms with Crippen molar-refractivity contribution in [1.82, 2.24) is 15.0 Å². The number of nitrogens with one attached hydrogen (secondary N) is 1. The Morgan fingerprint density at radius 1 is 0.573 bits per heavy atom. The van der Waals surface area contributed by atoms with Gasteiger partial charge in [-0.2, -0.15) is 15.0 Å². The first-order valence-electron chi connectivity index (χ1n) is 26.3. The SMILES string of the molecule is CCC1(c2ccc(N3C4=C(C(=O)CC(C)(C)C4)C(CC)(c4ccc(N5C6=C(C(=O)CC(C)(C)C6)C(CC)(c6cccc(OC)c6)c6ocnc65)c(F)c4)c4ocnc43)cc2)C2=C(CC(C)(C)CC2=O)Nc2ncoc21. The zero-order valence-electron chi connectivity index (χ0n) is 44.4. The molecule has 6 aliphatic rings. The van der Waals surface area contributed by atoms with Crippen LogP contribution < -0.4 is 19.9 Å². The number of carbonyl (C=O) groups excluding carboxylic acids is 3. The van der Waals surface area contributed by atoms with E-state index in [2.05, 4.69) is 58.8 Å². The van der Waals surface area contributed by atoms with Crippen LogP contribution in [-0.4, -0.2) is 39.4 Å². The van der Waals surface area contributed by atoms with Crippen LogP contribution in [0.1, 0.15) is 154 Å². The number of benzene rings is 3. The molecule has 3 aliphatic carbocycles. The second-order valence-corrected chi connectivity index (χ2v) is 23.9. The van der Waals surface area contributed by atoms with E-state index in [1.807, 2.05) is 73.3 Å². The lowest BCUT2D eigenvalue weighted by Crippen LogP contribution is -2.46. The molecule has 6 heterocycles. The molecular formula is C61H63FN6O7. The van der Waals surface area contributed by atoms with Gasteiger partial charge in [-0.1, -0.05) is 92.6 Å². The molecule has 3 aromatic carbocycles. The summed E-state index contributed by atoms with van der Waals surface area (Å²) < 4.78 is 42.7. The molecule has 3 unspecified atom stereocenters. The normalized spacial score (nSPS) is 25.3. The zero-order valence-corrected chi connectivity index (χ0v) is 44.4. The fourth-order valence-corrected chi connectivity index (χ4v) is 14.3.